The number of nitrogens with one attached hydrogen (secondary N) is 2. The summed E-state index contributed by atoms with van der Waals surface area (Å²) in [5, 5.41) is 7.06. The molecule has 36 heavy (non-hydrogen) atoms. The molecule has 1 aromatic carbocycles. The van der Waals surface area contributed by atoms with Gasteiger partial charge in [0.05, 0.1) is 11.7 Å². The summed E-state index contributed by atoms with van der Waals surface area (Å²) < 4.78 is 7.20. The fourth-order valence-electron chi connectivity index (χ4n) is 4.62. The van der Waals surface area contributed by atoms with E-state index in [1.165, 1.54) is 0 Å². The normalized spacial score (nSPS) is 14.9. The molecule has 0 radical (unpaired) electrons. The summed E-state index contributed by atoms with van der Waals surface area (Å²) in [5.74, 6) is 1.35. The number of carbonyl (C=O) groups excluding carboxylic acids is 1. The number of H-pyrrole nitrogens is 2. The van der Waals surface area contributed by atoms with Crippen LogP contribution in [0.2, 0.25) is 0 Å². The van der Waals surface area contributed by atoms with Gasteiger partial charge < -0.3 is 9.51 Å². The second kappa shape index (κ2) is 7.94. The first kappa shape index (κ1) is 22.3. The molecule has 0 atom stereocenters. The minimum atomic E-state index is -0.286. The van der Waals surface area contributed by atoms with E-state index < -0.39 is 0 Å². The van der Waals surface area contributed by atoms with E-state index >= 15 is 0 Å². The molecule has 0 bridgehead atoms. The van der Waals surface area contributed by atoms with Crippen LogP contribution in [-0.4, -0.2) is 36.0 Å². The lowest BCUT2D eigenvalue weighted by molar-refractivity contribution is -0.726. The van der Waals surface area contributed by atoms with Gasteiger partial charge in [-0.2, -0.15) is 10.1 Å². The van der Waals surface area contributed by atoms with Crippen molar-refractivity contribution in [3.05, 3.63) is 66.2 Å². The molecule has 0 saturated heterocycles. The number of rotatable bonds is 6. The molecule has 0 aliphatic heterocycles. The van der Waals surface area contributed by atoms with Crippen molar-refractivity contribution in [3.63, 3.8) is 0 Å². The summed E-state index contributed by atoms with van der Waals surface area (Å²) in [7, 11) is 1.93. The summed E-state index contributed by atoms with van der Waals surface area (Å²) in [4.78, 5) is 29.9. The number of carbonyl (C=O) groups is 1. The third-order valence-electron chi connectivity index (χ3n) is 6.90. The van der Waals surface area contributed by atoms with Crippen LogP contribution in [0.15, 0.2) is 53.4 Å². The van der Waals surface area contributed by atoms with Gasteiger partial charge in [-0.15, -0.1) is 4.68 Å². The second-order valence-corrected chi connectivity index (χ2v) is 10.7. The zero-order valence-corrected chi connectivity index (χ0v) is 20.8. The summed E-state index contributed by atoms with van der Waals surface area (Å²) >= 11 is 0. The lowest BCUT2D eigenvalue weighted by atomic mass is 9.89. The molecule has 1 aliphatic rings. The lowest BCUT2D eigenvalue weighted by Gasteiger charge is -2.15. The highest BCUT2D eigenvalue weighted by Gasteiger charge is 2.46. The van der Waals surface area contributed by atoms with E-state index in [1.54, 1.807) is 6.20 Å². The molecule has 0 spiro atoms. The Morgan fingerprint density at radius 1 is 1.11 bits per heavy atom. The van der Waals surface area contributed by atoms with Crippen molar-refractivity contribution in [1.29, 1.82) is 0 Å². The number of nitrogens with zero attached hydrogens (tertiary/aromatic N) is 5. The van der Waals surface area contributed by atoms with Crippen LogP contribution in [0.4, 0.5) is 0 Å². The van der Waals surface area contributed by atoms with Crippen LogP contribution in [0, 0.1) is 0 Å². The van der Waals surface area contributed by atoms with Crippen LogP contribution in [0.5, 0.6) is 0 Å². The number of pyridine rings is 1. The van der Waals surface area contributed by atoms with Gasteiger partial charge in [-0.3, -0.25) is 4.79 Å². The number of aromatic nitrogens is 7. The highest BCUT2D eigenvalue weighted by Crippen LogP contribution is 2.51. The fraction of sp³-hybridized carbons (Fsp3) is 0.333. The number of aromatic amines is 2. The monoisotopic (exact) mass is 482 g/mol. The predicted octanol–water partition coefficient (Wildman–Crippen LogP) is 4.43. The summed E-state index contributed by atoms with van der Waals surface area (Å²) in [6.07, 6.45) is 7.99. The van der Waals surface area contributed by atoms with Gasteiger partial charge in [-0.25, -0.2) is 9.97 Å². The number of hydrogen-bond donors (Lipinski definition) is 2. The molecule has 0 unspecified atom stereocenters. The Labute approximate surface area is 208 Å². The molecule has 1 fully saturated rings. The van der Waals surface area contributed by atoms with Crippen molar-refractivity contribution in [2.45, 2.75) is 50.9 Å². The van der Waals surface area contributed by atoms with Crippen LogP contribution in [0.3, 0.4) is 0 Å². The first-order valence-electron chi connectivity index (χ1n) is 12.1. The average Bonchev–Trinajstić information content (AvgIpc) is 3.25. The fourth-order valence-corrected chi connectivity index (χ4v) is 4.62. The van der Waals surface area contributed by atoms with Crippen LogP contribution in [0.1, 0.15) is 62.1 Å². The summed E-state index contributed by atoms with van der Waals surface area (Å²) in [5.41, 5.74) is 5.36. The van der Waals surface area contributed by atoms with Gasteiger partial charge in [0.15, 0.2) is 12.7 Å². The molecule has 6 rings (SSSR count). The molecular formula is C27H28N7O2+. The Morgan fingerprint density at radius 3 is 2.53 bits per heavy atom. The first-order chi connectivity index (χ1) is 17.2. The molecule has 1 saturated carbocycles. The Kier molecular flexibility index (Phi) is 4.93. The van der Waals surface area contributed by atoms with E-state index in [0.717, 1.165) is 46.4 Å². The maximum absolute atomic E-state index is 13.0. The van der Waals surface area contributed by atoms with Gasteiger partial charge in [0.1, 0.15) is 11.4 Å². The Balaban J connectivity index is 1.25. The number of imidazole rings is 1. The molecule has 9 nitrogen and oxygen atoms in total. The van der Waals surface area contributed by atoms with Crippen molar-refractivity contribution in [1.82, 2.24) is 30.2 Å². The van der Waals surface area contributed by atoms with E-state index in [1.807, 2.05) is 51.0 Å². The summed E-state index contributed by atoms with van der Waals surface area (Å²) in [6.45, 7) is 5.96. The molecule has 0 amide bonds. The third kappa shape index (κ3) is 3.90. The lowest BCUT2D eigenvalue weighted by Crippen LogP contribution is -2.27. The summed E-state index contributed by atoms with van der Waals surface area (Å²) in [6, 6.07) is 10.5. The minimum Gasteiger partial charge on any atom is -0.338 e. The number of benzene rings is 1. The van der Waals surface area contributed by atoms with E-state index in [9.17, 15) is 4.79 Å². The average molecular weight is 483 g/mol. The highest BCUT2D eigenvalue weighted by molar-refractivity contribution is 5.94. The predicted molar refractivity (Wildman–Crippen MR) is 133 cm³/mol. The van der Waals surface area contributed by atoms with Crippen molar-refractivity contribution in [2.24, 2.45) is 7.05 Å². The van der Waals surface area contributed by atoms with Crippen molar-refractivity contribution in [3.8, 4) is 22.5 Å². The van der Waals surface area contributed by atoms with Gasteiger partial charge >= 0.3 is 0 Å². The number of aryl methyl sites for hydroxylation is 1. The number of hydrogen-bond acceptors (Lipinski definition) is 6. The molecule has 4 heterocycles. The number of ketones is 1. The van der Waals surface area contributed by atoms with Gasteiger partial charge in [0.25, 0.3) is 0 Å². The second-order valence-electron chi connectivity index (χ2n) is 10.7. The Hall–Kier alpha value is -4.14. The largest absolute Gasteiger partial charge is 0.338 e. The minimum absolute atomic E-state index is 0.0742. The SMILES string of the molecule is C[n+]1cc(-c2nc3nccc(-c4ccc(C5(CC(=O)c6noc(C(C)(C)C)n6)CC5)cc4)c3[nH]2)c[nH]1. The molecule has 2 N–H and O–H groups in total. The quantitative estimate of drug-likeness (QED) is 0.273. The van der Waals surface area contributed by atoms with E-state index in [4.69, 9.17) is 4.52 Å². The molecular weight excluding hydrogens is 454 g/mol. The first-order valence-corrected chi connectivity index (χ1v) is 12.1. The van der Waals surface area contributed by atoms with Gasteiger partial charge in [-0.1, -0.05) is 50.2 Å². The maximum Gasteiger partial charge on any atom is 0.238 e. The van der Waals surface area contributed by atoms with Crippen molar-refractivity contribution < 1.29 is 14.0 Å². The topological polar surface area (TPSA) is 117 Å². The van der Waals surface area contributed by atoms with E-state index in [0.29, 0.717) is 18.0 Å². The third-order valence-corrected chi connectivity index (χ3v) is 6.90. The zero-order valence-electron chi connectivity index (χ0n) is 20.8. The molecule has 182 valence electrons. The highest BCUT2D eigenvalue weighted by atomic mass is 16.5. The smallest absolute Gasteiger partial charge is 0.238 e. The van der Waals surface area contributed by atoms with Crippen molar-refractivity contribution >= 4 is 16.9 Å². The molecule has 9 heteroatoms. The molecule has 5 aromatic rings. The van der Waals surface area contributed by atoms with Crippen LogP contribution in [0.25, 0.3) is 33.7 Å². The van der Waals surface area contributed by atoms with E-state index in [2.05, 4.69) is 54.5 Å². The van der Waals surface area contributed by atoms with Gasteiger partial charge in [-0.05, 0) is 30.0 Å². The van der Waals surface area contributed by atoms with Crippen LogP contribution >= 0.6 is 0 Å². The van der Waals surface area contributed by atoms with Crippen molar-refractivity contribution in [2.75, 3.05) is 0 Å². The standard InChI is InChI=1S/C27H27N7O2/c1-26(2,3)25-32-23(33-36-25)20(35)13-27(10-11-27)18-7-5-16(6-8-18)19-9-12-28-24-21(19)30-22(31-24)17-14-29-34(4)15-17/h5-9,12,14-15H,10-11,13H2,1-4H3,(H,28,30,31)/p+1. The maximum atomic E-state index is 13.0. The Bertz CT molecular complexity index is 1580. The van der Waals surface area contributed by atoms with Crippen LogP contribution < -0.4 is 4.68 Å². The van der Waals surface area contributed by atoms with Gasteiger partial charge in [0, 0.05) is 29.0 Å². The molecule has 1 aliphatic carbocycles. The molecule has 4 aromatic heterocycles. The Morgan fingerprint density at radius 2 is 1.89 bits per heavy atom. The van der Waals surface area contributed by atoms with Gasteiger partial charge in [0.2, 0.25) is 23.7 Å². The van der Waals surface area contributed by atoms with E-state index in [-0.39, 0.29) is 22.4 Å². The number of Topliss-reactive ketones (excluding diaryl/α,β-unsaturated/α-hetero) is 1. The van der Waals surface area contributed by atoms with Crippen LogP contribution in [-0.2, 0) is 17.9 Å². The number of fused-ring (bicyclic) bond motifs is 1. The zero-order chi connectivity index (χ0) is 25.1.